The number of hydrogen-bond donors (Lipinski definition) is 1. The van der Waals surface area contributed by atoms with Gasteiger partial charge < -0.3 is 15.0 Å². The van der Waals surface area contributed by atoms with Crippen molar-refractivity contribution in [3.8, 4) is 5.75 Å². The maximum atomic E-state index is 14.1. The molecule has 0 aliphatic carbocycles. The molecule has 128 valence electrons. The van der Waals surface area contributed by atoms with Gasteiger partial charge in [0.05, 0.1) is 7.11 Å². The first kappa shape index (κ1) is 17.9. The van der Waals surface area contributed by atoms with E-state index in [4.69, 9.17) is 4.74 Å². The van der Waals surface area contributed by atoms with E-state index < -0.39 is 17.5 Å². The highest BCUT2D eigenvalue weighted by Crippen LogP contribution is 2.30. The van der Waals surface area contributed by atoms with Gasteiger partial charge in [-0.05, 0) is 49.9 Å². The average molecular weight is 347 g/mol. The van der Waals surface area contributed by atoms with Gasteiger partial charge in [-0.2, -0.15) is 0 Å². The highest BCUT2D eigenvalue weighted by atomic mass is 35.5. The lowest BCUT2D eigenvalue weighted by atomic mass is 9.92. The molecule has 0 unspecified atom stereocenters. The zero-order valence-electron chi connectivity index (χ0n) is 13.0. The number of methoxy groups -OCH3 is 1. The number of nitrogens with zero attached hydrogens (tertiary/aromatic N) is 1. The third kappa shape index (κ3) is 3.43. The maximum Gasteiger partial charge on any atom is 0.260 e. The van der Waals surface area contributed by atoms with Gasteiger partial charge in [0.1, 0.15) is 11.4 Å². The Labute approximate surface area is 140 Å². The van der Waals surface area contributed by atoms with E-state index in [2.05, 4.69) is 5.32 Å². The average Bonchev–Trinajstić information content (AvgIpc) is 2.87. The van der Waals surface area contributed by atoms with Crippen molar-refractivity contribution in [3.05, 3.63) is 29.3 Å². The van der Waals surface area contributed by atoms with E-state index in [1.54, 1.807) is 4.90 Å². The molecule has 0 spiro atoms. The van der Waals surface area contributed by atoms with E-state index in [0.717, 1.165) is 38.1 Å². The molecular formula is C16H21ClF2N2O2. The van der Waals surface area contributed by atoms with Crippen molar-refractivity contribution in [2.75, 3.05) is 33.3 Å². The molecule has 4 nitrogen and oxygen atoms in total. The summed E-state index contributed by atoms with van der Waals surface area (Å²) in [6, 6.07) is 1.95. The number of fused-ring (bicyclic) bond motifs is 1. The van der Waals surface area contributed by atoms with Crippen molar-refractivity contribution >= 4 is 18.3 Å². The molecule has 2 fully saturated rings. The highest BCUT2D eigenvalue weighted by Gasteiger charge is 2.33. The Bertz CT molecular complexity index is 571. The second-order valence-corrected chi connectivity index (χ2v) is 5.99. The molecule has 1 aromatic carbocycles. The summed E-state index contributed by atoms with van der Waals surface area (Å²) >= 11 is 0. The minimum Gasteiger partial charge on any atom is -0.493 e. The molecule has 1 aromatic rings. The van der Waals surface area contributed by atoms with Crippen molar-refractivity contribution in [1.82, 2.24) is 10.2 Å². The van der Waals surface area contributed by atoms with E-state index in [0.29, 0.717) is 24.9 Å². The van der Waals surface area contributed by atoms with Crippen LogP contribution in [0.4, 0.5) is 8.78 Å². The molecule has 2 aliphatic rings. The first-order valence-corrected chi connectivity index (χ1v) is 7.63. The number of amides is 1. The van der Waals surface area contributed by atoms with E-state index in [9.17, 15) is 13.6 Å². The third-order valence-corrected chi connectivity index (χ3v) is 4.78. The van der Waals surface area contributed by atoms with Gasteiger partial charge in [-0.3, -0.25) is 4.79 Å². The fraction of sp³-hybridized carbons (Fsp3) is 0.562. The lowest BCUT2D eigenvalue weighted by molar-refractivity contribution is 0.0749. The van der Waals surface area contributed by atoms with Crippen molar-refractivity contribution in [2.24, 2.45) is 11.8 Å². The van der Waals surface area contributed by atoms with Crippen LogP contribution in [0.25, 0.3) is 0 Å². The van der Waals surface area contributed by atoms with Gasteiger partial charge in [-0.25, -0.2) is 8.78 Å². The van der Waals surface area contributed by atoms with Gasteiger partial charge in [-0.15, -0.1) is 12.4 Å². The second kappa shape index (κ2) is 7.45. The van der Waals surface area contributed by atoms with Crippen LogP contribution in [0.1, 0.15) is 23.2 Å². The van der Waals surface area contributed by atoms with Crippen molar-refractivity contribution in [3.63, 3.8) is 0 Å². The molecule has 0 aromatic heterocycles. The quantitative estimate of drug-likeness (QED) is 0.894. The Balaban J connectivity index is 0.00000192. The molecule has 2 heterocycles. The molecule has 0 saturated carbocycles. The van der Waals surface area contributed by atoms with Crippen LogP contribution in [-0.4, -0.2) is 44.1 Å². The topological polar surface area (TPSA) is 41.6 Å². The third-order valence-electron chi connectivity index (χ3n) is 4.78. The summed E-state index contributed by atoms with van der Waals surface area (Å²) in [5, 5.41) is 3.37. The number of carbonyl (C=O) groups excluding carboxylic acids is 1. The summed E-state index contributed by atoms with van der Waals surface area (Å²) in [6.07, 6.45) is 1.78. The monoisotopic (exact) mass is 346 g/mol. The Kier molecular flexibility index (Phi) is 5.81. The van der Waals surface area contributed by atoms with E-state index in [1.807, 2.05) is 0 Å². The smallest absolute Gasteiger partial charge is 0.260 e. The number of carbonyl (C=O) groups is 1. The minimum absolute atomic E-state index is 0. The summed E-state index contributed by atoms with van der Waals surface area (Å²) in [6.45, 7) is 3.09. The number of hydrogen-bond acceptors (Lipinski definition) is 3. The predicted octanol–water partition coefficient (Wildman–Crippen LogP) is 2.47. The fourth-order valence-corrected chi connectivity index (χ4v) is 3.51. The molecule has 3 rings (SSSR count). The van der Waals surface area contributed by atoms with Crippen molar-refractivity contribution < 1.29 is 18.3 Å². The highest BCUT2D eigenvalue weighted by molar-refractivity contribution is 5.97. The molecule has 1 amide bonds. The van der Waals surface area contributed by atoms with Crippen LogP contribution in [0.3, 0.4) is 0 Å². The Morgan fingerprint density at radius 3 is 2.30 bits per heavy atom. The van der Waals surface area contributed by atoms with Crippen LogP contribution in [0.2, 0.25) is 0 Å². The summed E-state index contributed by atoms with van der Waals surface area (Å²) in [5.41, 5.74) is -0.298. The zero-order valence-corrected chi connectivity index (χ0v) is 13.8. The van der Waals surface area contributed by atoms with E-state index in [-0.39, 0.29) is 23.7 Å². The number of halogens is 3. The van der Waals surface area contributed by atoms with E-state index in [1.165, 1.54) is 7.11 Å². The molecule has 2 aliphatic heterocycles. The Morgan fingerprint density at radius 2 is 1.74 bits per heavy atom. The molecule has 0 bridgehead atoms. The van der Waals surface area contributed by atoms with Crippen molar-refractivity contribution in [2.45, 2.75) is 12.8 Å². The van der Waals surface area contributed by atoms with Crippen molar-refractivity contribution in [1.29, 1.82) is 0 Å². The van der Waals surface area contributed by atoms with Gasteiger partial charge in [0, 0.05) is 13.1 Å². The molecule has 1 N–H and O–H groups in total. The molecule has 7 heteroatoms. The van der Waals surface area contributed by atoms with Crippen LogP contribution in [0.15, 0.2) is 12.1 Å². The maximum absolute atomic E-state index is 14.1. The Morgan fingerprint density at radius 1 is 1.17 bits per heavy atom. The van der Waals surface area contributed by atoms with Crippen LogP contribution in [0.5, 0.6) is 5.75 Å². The number of ether oxygens (including phenoxy) is 1. The summed E-state index contributed by atoms with van der Waals surface area (Å²) in [4.78, 5) is 14.3. The van der Waals surface area contributed by atoms with Crippen LogP contribution in [0, 0.1) is 23.5 Å². The van der Waals surface area contributed by atoms with Gasteiger partial charge in [0.25, 0.3) is 5.91 Å². The standard InChI is InChI=1S/C16H20F2N2O2.ClH/c1-22-15-13(18)3-2-12(17)14(15)16(21)20-6-4-10-8-19-9-11(10)5-7-20;/h2-3,10-11,19H,4-9H2,1H3;1H/t10-,11+;. The summed E-state index contributed by atoms with van der Waals surface area (Å²) < 4.78 is 32.7. The number of rotatable bonds is 2. The second-order valence-electron chi connectivity index (χ2n) is 5.99. The zero-order chi connectivity index (χ0) is 15.7. The van der Waals surface area contributed by atoms with Gasteiger partial charge in [0.15, 0.2) is 11.6 Å². The van der Waals surface area contributed by atoms with Crippen LogP contribution in [-0.2, 0) is 0 Å². The largest absolute Gasteiger partial charge is 0.493 e. The molecule has 2 atom stereocenters. The SMILES string of the molecule is COc1c(F)ccc(F)c1C(=O)N1CC[C@@H]2CNC[C@@H]2CC1.Cl. The predicted molar refractivity (Wildman–Crippen MR) is 85.1 cm³/mol. The van der Waals surface area contributed by atoms with Gasteiger partial charge in [0.2, 0.25) is 0 Å². The first-order chi connectivity index (χ1) is 10.6. The molecule has 0 radical (unpaired) electrons. The molecule has 23 heavy (non-hydrogen) atoms. The van der Waals surface area contributed by atoms with E-state index >= 15 is 0 Å². The minimum atomic E-state index is -0.741. The normalized spacial score (nSPS) is 23.7. The lowest BCUT2D eigenvalue weighted by Gasteiger charge is -2.22. The van der Waals surface area contributed by atoms with Crippen LogP contribution >= 0.6 is 12.4 Å². The molecule has 2 saturated heterocycles. The lowest BCUT2D eigenvalue weighted by Crippen LogP contribution is -2.33. The number of benzene rings is 1. The van der Waals surface area contributed by atoms with Gasteiger partial charge in [-0.1, -0.05) is 0 Å². The number of likely N-dealkylation sites (tertiary alicyclic amines) is 1. The van der Waals surface area contributed by atoms with Crippen LogP contribution < -0.4 is 10.1 Å². The summed E-state index contributed by atoms with van der Waals surface area (Å²) in [7, 11) is 1.24. The summed E-state index contributed by atoms with van der Waals surface area (Å²) in [5.74, 6) is -1.12. The number of nitrogens with one attached hydrogen (secondary N) is 1. The fourth-order valence-electron chi connectivity index (χ4n) is 3.51. The molecular weight excluding hydrogens is 326 g/mol. The van der Waals surface area contributed by atoms with Gasteiger partial charge >= 0.3 is 0 Å². The Hall–Kier alpha value is -1.40. The first-order valence-electron chi connectivity index (χ1n) is 7.63.